The largest absolute Gasteiger partial charge is 0.486 e. The molecule has 0 spiro atoms. The van der Waals surface area contributed by atoms with Gasteiger partial charge in [-0.15, -0.1) is 10.2 Å². The molecule has 1 N–H and O–H groups in total. The molecule has 96 valence electrons. The van der Waals surface area contributed by atoms with Gasteiger partial charge in [-0.2, -0.15) is 0 Å². The maximum absolute atomic E-state index is 5.93. The van der Waals surface area contributed by atoms with Gasteiger partial charge >= 0.3 is 0 Å². The van der Waals surface area contributed by atoms with Crippen molar-refractivity contribution in [2.45, 2.75) is 20.5 Å². The van der Waals surface area contributed by atoms with Gasteiger partial charge in [0.05, 0.1) is 0 Å². The minimum atomic E-state index is 0.407. The predicted molar refractivity (Wildman–Crippen MR) is 74.6 cm³/mol. The molecule has 0 saturated carbocycles. The zero-order valence-corrected chi connectivity index (χ0v) is 11.8. The lowest BCUT2D eigenvalue weighted by molar-refractivity contribution is 0.302. The van der Waals surface area contributed by atoms with E-state index < -0.39 is 0 Å². The average Bonchev–Trinajstić information content (AvgIpc) is 2.79. The highest BCUT2D eigenvalue weighted by Gasteiger charge is 2.06. The minimum absolute atomic E-state index is 0.407. The molecule has 0 fully saturated rings. The molecule has 0 bridgehead atoms. The second-order valence-electron chi connectivity index (χ2n) is 3.73. The van der Waals surface area contributed by atoms with Crippen molar-refractivity contribution in [2.24, 2.45) is 0 Å². The molecule has 0 aliphatic heterocycles. The van der Waals surface area contributed by atoms with Crippen LogP contribution in [0.2, 0.25) is 5.02 Å². The Morgan fingerprint density at radius 3 is 3.00 bits per heavy atom. The predicted octanol–water partition coefficient (Wildman–Crippen LogP) is 3.51. The van der Waals surface area contributed by atoms with Crippen LogP contribution in [0.4, 0.5) is 5.13 Å². The summed E-state index contributed by atoms with van der Waals surface area (Å²) >= 11 is 7.42. The van der Waals surface area contributed by atoms with Gasteiger partial charge in [-0.05, 0) is 31.5 Å². The van der Waals surface area contributed by atoms with Crippen LogP contribution in [0.15, 0.2) is 18.2 Å². The van der Waals surface area contributed by atoms with Gasteiger partial charge in [0.2, 0.25) is 5.13 Å². The molecular formula is C12H14ClN3OS. The third-order valence-corrected chi connectivity index (χ3v) is 3.39. The highest BCUT2D eigenvalue weighted by molar-refractivity contribution is 7.15. The first kappa shape index (κ1) is 13.1. The van der Waals surface area contributed by atoms with Crippen LogP contribution in [0.1, 0.15) is 17.5 Å². The average molecular weight is 284 g/mol. The van der Waals surface area contributed by atoms with E-state index in [0.717, 1.165) is 28.0 Å². The van der Waals surface area contributed by atoms with Crippen LogP contribution in [-0.2, 0) is 6.61 Å². The first-order valence-electron chi connectivity index (χ1n) is 5.64. The lowest BCUT2D eigenvalue weighted by atomic mass is 10.2. The zero-order valence-electron chi connectivity index (χ0n) is 10.2. The normalized spacial score (nSPS) is 10.4. The van der Waals surface area contributed by atoms with Gasteiger partial charge in [0, 0.05) is 11.6 Å². The number of ether oxygens (including phenoxy) is 1. The fraction of sp³-hybridized carbons (Fsp3) is 0.333. The minimum Gasteiger partial charge on any atom is -0.486 e. The number of hydrogen-bond acceptors (Lipinski definition) is 5. The van der Waals surface area contributed by atoms with Crippen LogP contribution < -0.4 is 10.1 Å². The van der Waals surface area contributed by atoms with Crippen molar-refractivity contribution in [3.8, 4) is 5.75 Å². The third-order valence-electron chi connectivity index (χ3n) is 2.30. The molecule has 0 aliphatic rings. The van der Waals surface area contributed by atoms with E-state index in [9.17, 15) is 0 Å². The Morgan fingerprint density at radius 1 is 1.39 bits per heavy atom. The molecule has 1 heterocycles. The Bertz CT molecular complexity index is 530. The maximum Gasteiger partial charge on any atom is 0.205 e. The highest BCUT2D eigenvalue weighted by Crippen LogP contribution is 2.24. The number of aromatic nitrogens is 2. The molecule has 0 unspecified atom stereocenters. The number of nitrogens with one attached hydrogen (secondary N) is 1. The summed E-state index contributed by atoms with van der Waals surface area (Å²) in [5.41, 5.74) is 1.05. The Morgan fingerprint density at radius 2 is 2.22 bits per heavy atom. The number of rotatable bonds is 5. The van der Waals surface area contributed by atoms with Crippen LogP contribution in [0.25, 0.3) is 0 Å². The summed E-state index contributed by atoms with van der Waals surface area (Å²) in [6.07, 6.45) is 0. The van der Waals surface area contributed by atoms with Crippen LogP contribution in [0.5, 0.6) is 5.75 Å². The van der Waals surface area contributed by atoms with Gasteiger partial charge in [0.1, 0.15) is 12.4 Å². The van der Waals surface area contributed by atoms with E-state index in [1.165, 1.54) is 11.3 Å². The van der Waals surface area contributed by atoms with Crippen LogP contribution >= 0.6 is 22.9 Å². The molecule has 0 radical (unpaired) electrons. The van der Waals surface area contributed by atoms with Gasteiger partial charge in [-0.25, -0.2) is 0 Å². The van der Waals surface area contributed by atoms with E-state index in [-0.39, 0.29) is 0 Å². The molecule has 0 aliphatic carbocycles. The summed E-state index contributed by atoms with van der Waals surface area (Å²) in [5.74, 6) is 0.780. The summed E-state index contributed by atoms with van der Waals surface area (Å²) in [4.78, 5) is 0. The SMILES string of the molecule is CCNc1nnc(COc2cc(Cl)ccc2C)s1. The van der Waals surface area contributed by atoms with Gasteiger partial charge in [-0.3, -0.25) is 0 Å². The fourth-order valence-corrected chi connectivity index (χ4v) is 2.29. The molecule has 2 aromatic rings. The van der Waals surface area contributed by atoms with Gasteiger partial charge in [0.25, 0.3) is 0 Å². The molecule has 18 heavy (non-hydrogen) atoms. The second-order valence-corrected chi connectivity index (χ2v) is 5.23. The monoisotopic (exact) mass is 283 g/mol. The van der Waals surface area contributed by atoms with Crippen molar-refractivity contribution < 1.29 is 4.74 Å². The highest BCUT2D eigenvalue weighted by atomic mass is 35.5. The number of benzene rings is 1. The summed E-state index contributed by atoms with van der Waals surface area (Å²) < 4.78 is 5.69. The summed E-state index contributed by atoms with van der Waals surface area (Å²) in [6.45, 7) is 5.25. The van der Waals surface area contributed by atoms with Crippen LogP contribution in [0.3, 0.4) is 0 Å². The first-order chi connectivity index (χ1) is 8.69. The molecule has 0 amide bonds. The zero-order chi connectivity index (χ0) is 13.0. The number of anilines is 1. The molecule has 4 nitrogen and oxygen atoms in total. The third kappa shape index (κ3) is 3.34. The first-order valence-corrected chi connectivity index (χ1v) is 6.83. The van der Waals surface area contributed by atoms with Crippen molar-refractivity contribution in [1.29, 1.82) is 0 Å². The Balaban J connectivity index is 1.99. The smallest absolute Gasteiger partial charge is 0.205 e. The lowest BCUT2D eigenvalue weighted by Gasteiger charge is -2.07. The van der Waals surface area contributed by atoms with E-state index in [1.54, 1.807) is 0 Å². The standard InChI is InChI=1S/C12H14ClN3OS/c1-3-14-12-16-15-11(18-12)7-17-10-6-9(13)5-4-8(10)2/h4-6H,3,7H2,1-2H3,(H,14,16). The number of hydrogen-bond donors (Lipinski definition) is 1. The van der Waals surface area contributed by atoms with E-state index in [0.29, 0.717) is 11.6 Å². The molecule has 1 aromatic carbocycles. The molecule has 6 heteroatoms. The van der Waals surface area contributed by atoms with Gasteiger partial charge in [0.15, 0.2) is 5.01 Å². The Kier molecular flexibility index (Phi) is 4.38. The van der Waals surface area contributed by atoms with E-state index in [1.807, 2.05) is 32.0 Å². The quantitative estimate of drug-likeness (QED) is 0.912. The number of nitrogens with zero attached hydrogens (tertiary/aromatic N) is 2. The topological polar surface area (TPSA) is 47.0 Å². The molecule has 0 saturated heterocycles. The van der Waals surface area contributed by atoms with Gasteiger partial charge in [-0.1, -0.05) is 29.0 Å². The van der Waals surface area contributed by atoms with Gasteiger partial charge < -0.3 is 10.1 Å². The fourth-order valence-electron chi connectivity index (χ4n) is 1.40. The molecule has 2 rings (SSSR count). The maximum atomic E-state index is 5.93. The van der Waals surface area contributed by atoms with E-state index >= 15 is 0 Å². The molecule has 0 atom stereocenters. The van der Waals surface area contributed by atoms with Crippen molar-refractivity contribution >= 4 is 28.1 Å². The molecule has 1 aromatic heterocycles. The van der Waals surface area contributed by atoms with Crippen LogP contribution in [-0.4, -0.2) is 16.7 Å². The second kappa shape index (κ2) is 6.02. The van der Waals surface area contributed by atoms with Crippen molar-refractivity contribution in [1.82, 2.24) is 10.2 Å². The van der Waals surface area contributed by atoms with Crippen molar-refractivity contribution in [3.63, 3.8) is 0 Å². The lowest BCUT2D eigenvalue weighted by Crippen LogP contribution is -1.96. The van der Waals surface area contributed by atoms with Crippen molar-refractivity contribution in [2.75, 3.05) is 11.9 Å². The van der Waals surface area contributed by atoms with Crippen molar-refractivity contribution in [3.05, 3.63) is 33.8 Å². The summed E-state index contributed by atoms with van der Waals surface area (Å²) in [7, 11) is 0. The Labute approximate surface area is 115 Å². The number of halogens is 1. The van der Waals surface area contributed by atoms with Crippen LogP contribution in [0, 0.1) is 6.92 Å². The van der Waals surface area contributed by atoms with E-state index in [2.05, 4.69) is 15.5 Å². The Hall–Kier alpha value is -1.33. The van der Waals surface area contributed by atoms with E-state index in [4.69, 9.17) is 16.3 Å². The number of aryl methyl sites for hydroxylation is 1. The molecular weight excluding hydrogens is 270 g/mol. The summed E-state index contributed by atoms with van der Waals surface area (Å²) in [5, 5.41) is 13.5. The summed E-state index contributed by atoms with van der Waals surface area (Å²) in [6, 6.07) is 5.59.